The summed E-state index contributed by atoms with van der Waals surface area (Å²) in [5, 5.41) is 6.93. The number of hydrogen-bond donors (Lipinski definition) is 0. The smallest absolute Gasteiger partial charge is 0.227 e. The van der Waals surface area contributed by atoms with Crippen molar-refractivity contribution in [3.63, 3.8) is 0 Å². The van der Waals surface area contributed by atoms with Gasteiger partial charge >= 0.3 is 0 Å². The fourth-order valence-electron chi connectivity index (χ4n) is 8.07. The van der Waals surface area contributed by atoms with Gasteiger partial charge < -0.3 is 13.7 Å². The Hall–Kier alpha value is -7.43. The van der Waals surface area contributed by atoms with Crippen molar-refractivity contribution in [2.75, 3.05) is 4.90 Å². The second-order valence-corrected chi connectivity index (χ2v) is 13.9. The molecule has 0 aliphatic carbocycles. The van der Waals surface area contributed by atoms with Gasteiger partial charge in [-0.25, -0.2) is 4.98 Å². The zero-order chi connectivity index (χ0) is 36.3. The first kappa shape index (κ1) is 31.1. The van der Waals surface area contributed by atoms with Crippen molar-refractivity contribution in [2.24, 2.45) is 0 Å². The summed E-state index contributed by atoms with van der Waals surface area (Å²) < 4.78 is 12.7. The number of oxazole rings is 1. The van der Waals surface area contributed by atoms with E-state index < -0.39 is 0 Å². The number of nitrogens with zero attached hydrogens (tertiary/aromatic N) is 2. The third-order valence-electron chi connectivity index (χ3n) is 10.7. The molecule has 0 amide bonds. The standard InChI is InChI=1S/C51H32N2O2/c1-3-12-33(13-4-1)36-17-11-18-39(30-36)53(38-24-22-34(23-25-38)44-31-37-16-7-8-19-41(37)42-20-9-10-21-43(42)44)40-26-27-46-45(32-40)49-47(54-46)28-29-48-50(49)52-51(55-48)35-14-5-2-6-15-35/h1-32H. The van der Waals surface area contributed by atoms with Gasteiger partial charge in [0, 0.05) is 28.0 Å². The first-order chi connectivity index (χ1) is 27.2. The summed E-state index contributed by atoms with van der Waals surface area (Å²) in [5.74, 6) is 0.590. The Kier molecular flexibility index (Phi) is 7.14. The number of aromatic nitrogens is 1. The van der Waals surface area contributed by atoms with Gasteiger partial charge in [-0.1, -0.05) is 121 Å². The molecule has 4 heteroatoms. The molecule has 0 radical (unpaired) electrons. The molecule has 2 aromatic heterocycles. The summed E-state index contributed by atoms with van der Waals surface area (Å²) in [6.45, 7) is 0. The van der Waals surface area contributed by atoms with Crippen LogP contribution in [0.25, 0.3) is 88.3 Å². The quantitative estimate of drug-likeness (QED) is 0.162. The second kappa shape index (κ2) is 12.6. The predicted octanol–water partition coefficient (Wildman–Crippen LogP) is 14.5. The highest BCUT2D eigenvalue weighted by Crippen LogP contribution is 2.43. The average molecular weight is 705 g/mol. The molecule has 0 N–H and O–H groups in total. The lowest BCUT2D eigenvalue weighted by Gasteiger charge is -2.26. The molecular weight excluding hydrogens is 673 g/mol. The van der Waals surface area contributed by atoms with Crippen LogP contribution in [0.1, 0.15) is 0 Å². The molecule has 0 aliphatic rings. The lowest BCUT2D eigenvalue weighted by molar-refractivity contribution is 0.619. The van der Waals surface area contributed by atoms with Crippen LogP contribution in [0.3, 0.4) is 0 Å². The van der Waals surface area contributed by atoms with Crippen molar-refractivity contribution in [2.45, 2.75) is 0 Å². The zero-order valence-corrected chi connectivity index (χ0v) is 29.7. The molecule has 0 aliphatic heterocycles. The van der Waals surface area contributed by atoms with E-state index in [0.717, 1.165) is 61.2 Å². The second-order valence-electron chi connectivity index (χ2n) is 13.9. The van der Waals surface area contributed by atoms with Gasteiger partial charge in [0.1, 0.15) is 16.7 Å². The molecule has 0 saturated carbocycles. The highest BCUT2D eigenvalue weighted by Gasteiger charge is 2.20. The summed E-state index contributed by atoms with van der Waals surface area (Å²) in [6, 6.07) is 68.3. The van der Waals surface area contributed by atoms with Crippen molar-refractivity contribution in [3.8, 4) is 33.7 Å². The molecule has 0 fully saturated rings. The Bertz CT molecular complexity index is 3200. The van der Waals surface area contributed by atoms with Crippen molar-refractivity contribution in [1.82, 2.24) is 4.98 Å². The molecule has 0 spiro atoms. The third-order valence-corrected chi connectivity index (χ3v) is 10.7. The fourth-order valence-corrected chi connectivity index (χ4v) is 8.07. The van der Waals surface area contributed by atoms with E-state index in [9.17, 15) is 0 Å². The number of benzene rings is 9. The predicted molar refractivity (Wildman–Crippen MR) is 227 cm³/mol. The van der Waals surface area contributed by atoms with Gasteiger partial charge in [0.05, 0.1) is 5.39 Å². The minimum absolute atomic E-state index is 0.590. The first-order valence-electron chi connectivity index (χ1n) is 18.5. The molecule has 11 aromatic rings. The molecule has 9 aromatic carbocycles. The molecular formula is C51H32N2O2. The summed E-state index contributed by atoms with van der Waals surface area (Å²) in [7, 11) is 0. The van der Waals surface area contributed by atoms with E-state index in [1.54, 1.807) is 0 Å². The van der Waals surface area contributed by atoms with Crippen LogP contribution in [0.5, 0.6) is 0 Å². The van der Waals surface area contributed by atoms with Gasteiger partial charge in [0.15, 0.2) is 5.58 Å². The molecule has 0 unspecified atom stereocenters. The first-order valence-corrected chi connectivity index (χ1v) is 18.5. The number of hydrogen-bond acceptors (Lipinski definition) is 4. The van der Waals surface area contributed by atoms with Crippen molar-refractivity contribution < 1.29 is 8.83 Å². The van der Waals surface area contributed by atoms with E-state index in [0.29, 0.717) is 5.89 Å². The third kappa shape index (κ3) is 5.26. The monoisotopic (exact) mass is 704 g/mol. The Labute approximate surface area is 317 Å². The molecule has 258 valence electrons. The normalized spacial score (nSPS) is 11.6. The summed E-state index contributed by atoms with van der Waals surface area (Å²) >= 11 is 0. The molecule has 0 atom stereocenters. The number of fused-ring (bicyclic) bond motifs is 8. The van der Waals surface area contributed by atoms with Crippen LogP contribution in [-0.4, -0.2) is 4.98 Å². The maximum atomic E-state index is 6.43. The lowest BCUT2D eigenvalue weighted by atomic mass is 9.93. The number of anilines is 3. The van der Waals surface area contributed by atoms with E-state index in [2.05, 4.69) is 157 Å². The van der Waals surface area contributed by atoms with E-state index in [4.69, 9.17) is 13.8 Å². The lowest BCUT2D eigenvalue weighted by Crippen LogP contribution is -2.10. The highest BCUT2D eigenvalue weighted by atomic mass is 16.4. The largest absolute Gasteiger partial charge is 0.456 e. The van der Waals surface area contributed by atoms with Gasteiger partial charge in [0.25, 0.3) is 0 Å². The molecule has 11 rings (SSSR count). The van der Waals surface area contributed by atoms with Crippen molar-refractivity contribution in [3.05, 3.63) is 194 Å². The molecule has 55 heavy (non-hydrogen) atoms. The van der Waals surface area contributed by atoms with Crippen LogP contribution < -0.4 is 4.90 Å². The van der Waals surface area contributed by atoms with Crippen LogP contribution in [-0.2, 0) is 0 Å². The zero-order valence-electron chi connectivity index (χ0n) is 29.7. The Morgan fingerprint density at radius 3 is 1.82 bits per heavy atom. The van der Waals surface area contributed by atoms with Gasteiger partial charge in [0.2, 0.25) is 5.89 Å². The number of furan rings is 1. The summed E-state index contributed by atoms with van der Waals surface area (Å²) in [5.41, 5.74) is 11.8. The van der Waals surface area contributed by atoms with Crippen LogP contribution >= 0.6 is 0 Å². The summed E-state index contributed by atoms with van der Waals surface area (Å²) in [4.78, 5) is 7.33. The molecule has 4 nitrogen and oxygen atoms in total. The minimum atomic E-state index is 0.590. The average Bonchev–Trinajstić information content (AvgIpc) is 3.86. The Morgan fingerprint density at radius 1 is 0.364 bits per heavy atom. The maximum absolute atomic E-state index is 6.43. The molecule has 0 saturated heterocycles. The van der Waals surface area contributed by atoms with Crippen molar-refractivity contribution >= 4 is 71.6 Å². The van der Waals surface area contributed by atoms with Gasteiger partial charge in [-0.2, -0.15) is 0 Å². The van der Waals surface area contributed by atoms with E-state index >= 15 is 0 Å². The number of rotatable bonds is 6. The Balaban J connectivity index is 1.09. The molecule has 0 bridgehead atoms. The topological polar surface area (TPSA) is 42.4 Å². The van der Waals surface area contributed by atoms with Gasteiger partial charge in [-0.3, -0.25) is 0 Å². The Morgan fingerprint density at radius 2 is 1.00 bits per heavy atom. The van der Waals surface area contributed by atoms with Crippen LogP contribution in [0.15, 0.2) is 203 Å². The summed E-state index contributed by atoms with van der Waals surface area (Å²) in [6.07, 6.45) is 0. The molecule has 2 heterocycles. The highest BCUT2D eigenvalue weighted by molar-refractivity contribution is 6.18. The van der Waals surface area contributed by atoms with E-state index in [1.807, 2.05) is 42.5 Å². The minimum Gasteiger partial charge on any atom is -0.456 e. The maximum Gasteiger partial charge on any atom is 0.227 e. The van der Waals surface area contributed by atoms with Crippen molar-refractivity contribution in [1.29, 1.82) is 0 Å². The SMILES string of the molecule is c1ccc(-c2cccc(N(c3ccc(-c4cc5ccccc5c5ccccc45)cc3)c3ccc4oc5ccc6oc(-c7ccccc7)nc6c5c4c3)c2)cc1. The van der Waals surface area contributed by atoms with Crippen LogP contribution in [0, 0.1) is 0 Å². The fraction of sp³-hybridized carbons (Fsp3) is 0. The van der Waals surface area contributed by atoms with Crippen LogP contribution in [0.2, 0.25) is 0 Å². The van der Waals surface area contributed by atoms with Gasteiger partial charge in [-0.15, -0.1) is 0 Å². The van der Waals surface area contributed by atoms with Crippen LogP contribution in [0.4, 0.5) is 17.1 Å². The van der Waals surface area contributed by atoms with E-state index in [-0.39, 0.29) is 0 Å². The van der Waals surface area contributed by atoms with E-state index in [1.165, 1.54) is 38.2 Å². The van der Waals surface area contributed by atoms with Gasteiger partial charge in [-0.05, 0) is 117 Å².